The monoisotopic (exact) mass is 530 g/mol. The zero-order chi connectivity index (χ0) is 27.4. The van der Waals surface area contributed by atoms with E-state index in [4.69, 9.17) is 9.84 Å². The number of fused-ring (bicyclic) bond motifs is 6. The molecule has 0 unspecified atom stereocenters. The number of hydrogen-bond acceptors (Lipinski definition) is 4. The molecule has 0 radical (unpaired) electrons. The average Bonchev–Trinajstić information content (AvgIpc) is 3.27. The van der Waals surface area contributed by atoms with Crippen LogP contribution in [0.4, 0.5) is 5.69 Å². The number of aliphatic carboxylic acids is 1. The second kappa shape index (κ2) is 9.68. The molecule has 3 saturated carbocycles. The van der Waals surface area contributed by atoms with Crippen molar-refractivity contribution >= 4 is 34.2 Å². The van der Waals surface area contributed by atoms with E-state index in [0.29, 0.717) is 23.5 Å². The van der Waals surface area contributed by atoms with Gasteiger partial charge in [0.25, 0.3) is 0 Å². The van der Waals surface area contributed by atoms with E-state index < -0.39 is 5.97 Å². The van der Waals surface area contributed by atoms with Gasteiger partial charge in [0, 0.05) is 33.8 Å². The van der Waals surface area contributed by atoms with Gasteiger partial charge in [0.1, 0.15) is 5.75 Å². The average molecular weight is 531 g/mol. The van der Waals surface area contributed by atoms with Gasteiger partial charge in [0.05, 0.1) is 13.0 Å². The Kier molecular flexibility index (Phi) is 6.43. The third kappa shape index (κ3) is 4.30. The van der Waals surface area contributed by atoms with Crippen molar-refractivity contribution < 1.29 is 24.2 Å². The summed E-state index contributed by atoms with van der Waals surface area (Å²) in [6.07, 6.45) is 10.0. The highest BCUT2D eigenvalue weighted by molar-refractivity contribution is 6.04. The normalized spacial score (nSPS) is 34.9. The van der Waals surface area contributed by atoms with Crippen LogP contribution in [0.5, 0.6) is 5.75 Å². The third-order valence-electron chi connectivity index (χ3n) is 10.7. The topological polar surface area (TPSA) is 105 Å². The van der Waals surface area contributed by atoms with Crippen molar-refractivity contribution in [2.24, 2.45) is 34.5 Å². The van der Waals surface area contributed by atoms with E-state index >= 15 is 0 Å². The lowest BCUT2D eigenvalue weighted by Gasteiger charge is -2.58. The van der Waals surface area contributed by atoms with Crippen molar-refractivity contribution in [3.05, 3.63) is 48.6 Å². The molecule has 0 saturated heterocycles. The minimum atomic E-state index is -0.898. The zero-order valence-corrected chi connectivity index (χ0v) is 22.7. The number of carboxylic acids is 1. The van der Waals surface area contributed by atoms with Gasteiger partial charge in [-0.15, -0.1) is 0 Å². The quantitative estimate of drug-likeness (QED) is 0.455. The first-order valence-electron chi connectivity index (χ1n) is 14.4. The lowest BCUT2D eigenvalue weighted by atomic mass is 9.48. The molecule has 0 aromatic heterocycles. The maximum absolute atomic E-state index is 13.9. The fourth-order valence-corrected chi connectivity index (χ4v) is 8.75. The van der Waals surface area contributed by atoms with Crippen LogP contribution in [-0.4, -0.2) is 35.5 Å². The number of amides is 2. The van der Waals surface area contributed by atoms with Crippen LogP contribution in [0.25, 0.3) is 10.8 Å². The number of hydrogen-bond donors (Lipinski definition) is 3. The molecule has 39 heavy (non-hydrogen) atoms. The highest BCUT2D eigenvalue weighted by Gasteiger charge is 2.60. The summed E-state index contributed by atoms with van der Waals surface area (Å²) in [6, 6.07) is 11.7. The van der Waals surface area contributed by atoms with Crippen LogP contribution in [0.15, 0.2) is 48.6 Å². The zero-order valence-electron chi connectivity index (χ0n) is 22.7. The first-order chi connectivity index (χ1) is 18.7. The molecule has 2 aromatic carbocycles. The molecule has 2 amide bonds. The van der Waals surface area contributed by atoms with Gasteiger partial charge in [-0.3, -0.25) is 14.4 Å². The first kappa shape index (κ1) is 25.9. The Hall–Kier alpha value is -3.35. The Balaban J connectivity index is 1.21. The van der Waals surface area contributed by atoms with Gasteiger partial charge in [-0.05, 0) is 79.9 Å². The van der Waals surface area contributed by atoms with Crippen molar-refractivity contribution in [2.45, 2.75) is 64.8 Å². The molecule has 3 aliphatic carbocycles. The van der Waals surface area contributed by atoms with E-state index in [1.165, 1.54) is 0 Å². The van der Waals surface area contributed by atoms with Crippen molar-refractivity contribution in [1.29, 1.82) is 0 Å². The molecule has 1 heterocycles. The van der Waals surface area contributed by atoms with Crippen molar-refractivity contribution in [3.8, 4) is 5.75 Å². The number of ether oxygens (including phenoxy) is 1. The van der Waals surface area contributed by atoms with Gasteiger partial charge >= 0.3 is 5.97 Å². The Morgan fingerprint density at radius 3 is 2.64 bits per heavy atom. The van der Waals surface area contributed by atoms with Crippen LogP contribution in [0, 0.1) is 34.5 Å². The first-order valence-corrected chi connectivity index (χ1v) is 14.4. The summed E-state index contributed by atoms with van der Waals surface area (Å²) in [5.41, 5.74) is 0.718. The number of carbonyl (C=O) groups is 3. The number of benzene rings is 2. The van der Waals surface area contributed by atoms with Gasteiger partial charge in [-0.25, -0.2) is 0 Å². The molecule has 0 spiro atoms. The van der Waals surface area contributed by atoms with Gasteiger partial charge in [-0.1, -0.05) is 44.2 Å². The van der Waals surface area contributed by atoms with Gasteiger partial charge in [-0.2, -0.15) is 0 Å². The second-order valence-electron chi connectivity index (χ2n) is 12.5. The van der Waals surface area contributed by atoms with E-state index in [2.05, 4.69) is 30.6 Å². The molecule has 7 heteroatoms. The van der Waals surface area contributed by atoms with Crippen LogP contribution in [-0.2, 0) is 14.4 Å². The van der Waals surface area contributed by atoms with E-state index in [9.17, 15) is 14.4 Å². The molecule has 3 N–H and O–H groups in total. The molecular formula is C32H38N2O5. The minimum absolute atomic E-state index is 0.00823. The van der Waals surface area contributed by atoms with Crippen LogP contribution in [0.2, 0.25) is 0 Å². The Morgan fingerprint density at radius 2 is 1.82 bits per heavy atom. The second-order valence-corrected chi connectivity index (χ2v) is 12.5. The standard InChI is InChI=1S/C32H38N2O5/c1-31-16-13-23-21(9-12-27-32(23,2)17-14-28(35)34-27)22(31)10-11-24(31)30(38)33-25-7-3-6-20-19(25)5-4-8-26(20)39-18-15-29(36)37/h3-8,14,17,21-24,27H,9-13,15-16,18H2,1-2H3,(H,33,38)(H,34,35)(H,36,37)/t21-,22-,23-,24+,27+,31-,32+/m0/s1. The summed E-state index contributed by atoms with van der Waals surface area (Å²) in [6.45, 7) is 4.76. The fraction of sp³-hybridized carbons (Fsp3) is 0.531. The molecule has 1 aliphatic heterocycles. The Morgan fingerprint density at radius 1 is 1.03 bits per heavy atom. The molecule has 206 valence electrons. The molecule has 2 aromatic rings. The maximum atomic E-state index is 13.9. The molecule has 6 rings (SSSR count). The Labute approximate surface area is 229 Å². The number of carbonyl (C=O) groups excluding carboxylic acids is 2. The molecular weight excluding hydrogens is 492 g/mol. The highest BCUT2D eigenvalue weighted by atomic mass is 16.5. The van der Waals surface area contributed by atoms with E-state index in [1.54, 1.807) is 6.08 Å². The summed E-state index contributed by atoms with van der Waals surface area (Å²) < 4.78 is 5.76. The molecule has 7 atom stereocenters. The van der Waals surface area contributed by atoms with E-state index in [1.807, 2.05) is 36.4 Å². The number of nitrogens with one attached hydrogen (secondary N) is 2. The maximum Gasteiger partial charge on any atom is 0.306 e. The largest absolute Gasteiger partial charge is 0.492 e. The summed E-state index contributed by atoms with van der Waals surface area (Å²) in [4.78, 5) is 36.8. The van der Waals surface area contributed by atoms with Crippen molar-refractivity contribution in [3.63, 3.8) is 0 Å². The predicted molar refractivity (Wildman–Crippen MR) is 149 cm³/mol. The summed E-state index contributed by atoms with van der Waals surface area (Å²) >= 11 is 0. The summed E-state index contributed by atoms with van der Waals surface area (Å²) in [7, 11) is 0. The van der Waals surface area contributed by atoms with Crippen LogP contribution < -0.4 is 15.4 Å². The van der Waals surface area contributed by atoms with Crippen LogP contribution >= 0.6 is 0 Å². The molecule has 4 aliphatic rings. The number of anilines is 1. The lowest BCUT2D eigenvalue weighted by Crippen LogP contribution is -2.59. The minimum Gasteiger partial charge on any atom is -0.492 e. The molecule has 3 fully saturated rings. The van der Waals surface area contributed by atoms with Crippen LogP contribution in [0.1, 0.15) is 58.8 Å². The predicted octanol–water partition coefficient (Wildman–Crippen LogP) is 5.55. The Bertz CT molecular complexity index is 1350. The van der Waals surface area contributed by atoms with Gasteiger partial charge in [0.15, 0.2) is 0 Å². The highest BCUT2D eigenvalue weighted by Crippen LogP contribution is 2.65. The van der Waals surface area contributed by atoms with Crippen LogP contribution in [0.3, 0.4) is 0 Å². The van der Waals surface area contributed by atoms with Gasteiger partial charge in [0.2, 0.25) is 11.8 Å². The lowest BCUT2D eigenvalue weighted by molar-refractivity contribution is -0.137. The third-order valence-corrected chi connectivity index (χ3v) is 10.7. The fourth-order valence-electron chi connectivity index (χ4n) is 8.75. The molecule has 0 bridgehead atoms. The SMILES string of the molecule is C[C@]12C=CC(=O)N[C@@H]1CC[C@@H]1[C@@H]2CC[C@]2(C)[C@@H](C(=O)Nc3cccc4c(OCCC(=O)O)cccc34)CC[C@@H]12. The summed E-state index contributed by atoms with van der Waals surface area (Å²) in [5, 5.41) is 17.2. The van der Waals surface area contributed by atoms with Gasteiger partial charge < -0.3 is 20.5 Å². The van der Waals surface area contributed by atoms with Crippen molar-refractivity contribution in [1.82, 2.24) is 5.32 Å². The van der Waals surface area contributed by atoms with E-state index in [-0.39, 0.29) is 47.6 Å². The smallest absolute Gasteiger partial charge is 0.306 e. The van der Waals surface area contributed by atoms with E-state index in [0.717, 1.165) is 55.0 Å². The number of carboxylic acid groups (broad SMARTS) is 1. The summed E-state index contributed by atoms with van der Waals surface area (Å²) in [5.74, 6) is 1.42. The van der Waals surface area contributed by atoms with Crippen molar-refractivity contribution in [2.75, 3.05) is 11.9 Å². The molecule has 7 nitrogen and oxygen atoms in total. The number of rotatable bonds is 6.